The van der Waals surface area contributed by atoms with E-state index in [1.165, 1.54) is 24.6 Å². The van der Waals surface area contributed by atoms with Crippen molar-refractivity contribution >= 4 is 11.8 Å². The highest BCUT2D eigenvalue weighted by atomic mass is 32.2. The molecule has 1 atom stereocenters. The normalized spacial score (nSPS) is 18.1. The summed E-state index contributed by atoms with van der Waals surface area (Å²) in [7, 11) is 0. The molecule has 1 unspecified atom stereocenters. The molecule has 6 heteroatoms. The van der Waals surface area contributed by atoms with Gasteiger partial charge in [-0.05, 0) is 20.8 Å². The number of hydrogen-bond acceptors (Lipinski definition) is 5. The first kappa shape index (κ1) is 15.5. The summed E-state index contributed by atoms with van der Waals surface area (Å²) in [5.41, 5.74) is 1.55. The van der Waals surface area contributed by atoms with Gasteiger partial charge in [0, 0.05) is 49.4 Å². The van der Waals surface area contributed by atoms with Crippen molar-refractivity contribution in [3.63, 3.8) is 0 Å². The molecular weight excluding hydrogens is 272 g/mol. The molecule has 0 aliphatic carbocycles. The number of aromatic nitrogens is 2. The average Bonchev–Trinajstić information content (AvgIpc) is 2.38. The monoisotopic (exact) mass is 296 g/mol. The zero-order valence-corrected chi connectivity index (χ0v) is 13.3. The quantitative estimate of drug-likeness (QED) is 0.851. The molecule has 2 rings (SSSR count). The summed E-state index contributed by atoms with van der Waals surface area (Å²) in [4.78, 5) is 21.6. The maximum Gasteiger partial charge on any atom is 0.255 e. The van der Waals surface area contributed by atoms with E-state index in [0.29, 0.717) is 5.82 Å². The van der Waals surface area contributed by atoms with Crippen LogP contribution in [0, 0.1) is 13.8 Å². The molecule has 0 bridgehead atoms. The molecule has 0 radical (unpaired) electrons. The number of thioether (sulfide) groups is 1. The fourth-order valence-electron chi connectivity index (χ4n) is 2.61. The first-order valence-corrected chi connectivity index (χ1v) is 8.34. The van der Waals surface area contributed by atoms with E-state index in [9.17, 15) is 4.79 Å². The van der Waals surface area contributed by atoms with Gasteiger partial charge in [0.25, 0.3) is 5.56 Å². The Morgan fingerprint density at radius 2 is 2.10 bits per heavy atom. The number of aryl methyl sites for hydroxylation is 2. The second-order valence-corrected chi connectivity index (χ2v) is 6.50. The third-order valence-electron chi connectivity index (χ3n) is 3.68. The first-order chi connectivity index (χ1) is 9.58. The minimum absolute atomic E-state index is 0.0237. The predicted octanol–water partition coefficient (Wildman–Crippen LogP) is 1.09. The molecule has 0 amide bonds. The van der Waals surface area contributed by atoms with E-state index in [2.05, 4.69) is 20.2 Å². The molecule has 1 aromatic heterocycles. The van der Waals surface area contributed by atoms with Gasteiger partial charge in [-0.15, -0.1) is 0 Å². The summed E-state index contributed by atoms with van der Waals surface area (Å²) < 4.78 is 0. The summed E-state index contributed by atoms with van der Waals surface area (Å²) in [6.45, 7) is 10.0. The highest BCUT2D eigenvalue weighted by Crippen LogP contribution is 2.11. The zero-order valence-electron chi connectivity index (χ0n) is 12.5. The molecule has 1 aliphatic heterocycles. The smallest absolute Gasteiger partial charge is 0.255 e. The largest absolute Gasteiger partial charge is 0.310 e. The van der Waals surface area contributed by atoms with Crippen molar-refractivity contribution in [2.45, 2.75) is 26.8 Å². The van der Waals surface area contributed by atoms with Gasteiger partial charge < -0.3 is 15.2 Å². The van der Waals surface area contributed by atoms with Crippen molar-refractivity contribution < 1.29 is 0 Å². The number of nitrogens with one attached hydrogen (secondary N) is 2. The number of hydrogen-bond donors (Lipinski definition) is 2. The van der Waals surface area contributed by atoms with Crippen LogP contribution in [0.25, 0.3) is 0 Å². The van der Waals surface area contributed by atoms with Gasteiger partial charge in [-0.25, -0.2) is 4.98 Å². The van der Waals surface area contributed by atoms with E-state index in [4.69, 9.17) is 0 Å². The maximum absolute atomic E-state index is 12.0. The van der Waals surface area contributed by atoms with Crippen LogP contribution in [0.3, 0.4) is 0 Å². The summed E-state index contributed by atoms with van der Waals surface area (Å²) in [6.07, 6.45) is 0. The van der Waals surface area contributed by atoms with E-state index < -0.39 is 0 Å². The lowest BCUT2D eigenvalue weighted by atomic mass is 10.1. The summed E-state index contributed by atoms with van der Waals surface area (Å²) in [5, 5.41) is 3.44. The number of rotatable bonds is 5. The highest BCUT2D eigenvalue weighted by Gasteiger charge is 2.15. The van der Waals surface area contributed by atoms with Crippen molar-refractivity contribution in [3.05, 3.63) is 27.4 Å². The predicted molar refractivity (Wildman–Crippen MR) is 84.5 cm³/mol. The maximum atomic E-state index is 12.0. The molecule has 2 N–H and O–H groups in total. The van der Waals surface area contributed by atoms with Gasteiger partial charge in [-0.3, -0.25) is 4.79 Å². The zero-order chi connectivity index (χ0) is 14.5. The lowest BCUT2D eigenvalue weighted by Crippen LogP contribution is -2.39. The average molecular weight is 296 g/mol. The third kappa shape index (κ3) is 4.07. The molecule has 112 valence electrons. The molecule has 2 heterocycles. The summed E-state index contributed by atoms with van der Waals surface area (Å²) >= 11 is 2.02. The molecular formula is C14H24N4OS. The van der Waals surface area contributed by atoms with Gasteiger partial charge >= 0.3 is 0 Å². The van der Waals surface area contributed by atoms with Crippen molar-refractivity contribution in [1.29, 1.82) is 0 Å². The van der Waals surface area contributed by atoms with Gasteiger partial charge in [0.05, 0.1) is 5.56 Å². The molecule has 1 aromatic rings. The van der Waals surface area contributed by atoms with Crippen LogP contribution in [-0.4, -0.2) is 52.6 Å². The lowest BCUT2D eigenvalue weighted by Gasteiger charge is -2.26. The Balaban J connectivity index is 1.88. The number of nitrogens with zero attached hydrogens (tertiary/aromatic N) is 2. The third-order valence-corrected chi connectivity index (χ3v) is 4.62. The Bertz CT molecular complexity index is 496. The SMILES string of the molecule is Cc1nc(C)c(C(C)NCCN2CCSCC2)c(=O)[nH]1. The minimum Gasteiger partial charge on any atom is -0.310 e. The van der Waals surface area contributed by atoms with Gasteiger partial charge in [0.1, 0.15) is 5.82 Å². The van der Waals surface area contributed by atoms with Crippen LogP contribution in [0.2, 0.25) is 0 Å². The Morgan fingerprint density at radius 1 is 1.40 bits per heavy atom. The number of H-pyrrole nitrogens is 1. The van der Waals surface area contributed by atoms with E-state index in [-0.39, 0.29) is 11.6 Å². The van der Waals surface area contributed by atoms with Crippen LogP contribution in [-0.2, 0) is 0 Å². The second kappa shape index (κ2) is 7.24. The Morgan fingerprint density at radius 3 is 2.75 bits per heavy atom. The molecule has 0 saturated carbocycles. The van der Waals surface area contributed by atoms with E-state index in [0.717, 1.165) is 24.3 Å². The van der Waals surface area contributed by atoms with Gasteiger partial charge in [-0.1, -0.05) is 0 Å². The Kier molecular flexibility index (Phi) is 5.63. The fourth-order valence-corrected chi connectivity index (χ4v) is 3.59. The van der Waals surface area contributed by atoms with Gasteiger partial charge in [0.2, 0.25) is 0 Å². The number of aromatic amines is 1. The lowest BCUT2D eigenvalue weighted by molar-refractivity contribution is 0.296. The van der Waals surface area contributed by atoms with E-state index >= 15 is 0 Å². The first-order valence-electron chi connectivity index (χ1n) is 7.19. The van der Waals surface area contributed by atoms with Crippen LogP contribution in [0.15, 0.2) is 4.79 Å². The molecule has 0 spiro atoms. The molecule has 5 nitrogen and oxygen atoms in total. The van der Waals surface area contributed by atoms with Crippen LogP contribution in [0.5, 0.6) is 0 Å². The topological polar surface area (TPSA) is 61.0 Å². The minimum atomic E-state index is -0.0237. The van der Waals surface area contributed by atoms with Crippen molar-refractivity contribution in [1.82, 2.24) is 20.2 Å². The van der Waals surface area contributed by atoms with Crippen LogP contribution in [0.4, 0.5) is 0 Å². The highest BCUT2D eigenvalue weighted by molar-refractivity contribution is 7.99. The van der Waals surface area contributed by atoms with Crippen molar-refractivity contribution in [3.8, 4) is 0 Å². The van der Waals surface area contributed by atoms with E-state index in [1.807, 2.05) is 32.5 Å². The standard InChI is InChI=1S/C14H24N4OS/c1-10(13-11(2)16-12(3)17-14(13)19)15-4-5-18-6-8-20-9-7-18/h10,15H,4-9H2,1-3H3,(H,16,17,19). The molecule has 20 heavy (non-hydrogen) atoms. The molecule has 1 fully saturated rings. The van der Waals surface area contributed by atoms with Crippen molar-refractivity contribution in [2.24, 2.45) is 0 Å². The molecule has 1 saturated heterocycles. The van der Waals surface area contributed by atoms with E-state index in [1.54, 1.807) is 0 Å². The van der Waals surface area contributed by atoms with Crippen LogP contribution in [0.1, 0.15) is 30.0 Å². The van der Waals surface area contributed by atoms with Crippen LogP contribution < -0.4 is 10.9 Å². The Labute approximate surface area is 124 Å². The van der Waals surface area contributed by atoms with Gasteiger partial charge in [0.15, 0.2) is 0 Å². The molecule has 1 aliphatic rings. The van der Waals surface area contributed by atoms with Crippen molar-refractivity contribution in [2.75, 3.05) is 37.7 Å². The summed E-state index contributed by atoms with van der Waals surface area (Å²) in [5.74, 6) is 3.14. The second-order valence-electron chi connectivity index (χ2n) is 5.28. The van der Waals surface area contributed by atoms with Gasteiger partial charge in [-0.2, -0.15) is 11.8 Å². The molecule has 0 aromatic carbocycles. The van der Waals surface area contributed by atoms with Crippen LogP contribution >= 0.6 is 11.8 Å². The fraction of sp³-hybridized carbons (Fsp3) is 0.714. The summed E-state index contributed by atoms with van der Waals surface area (Å²) in [6, 6.07) is 0.0333. The Hall–Kier alpha value is -0.850.